The first kappa shape index (κ1) is 21.0. The average Bonchev–Trinajstić information content (AvgIpc) is 3.12. The highest BCUT2D eigenvalue weighted by Crippen LogP contribution is 2.26. The number of nitrogens with zero attached hydrogens (tertiary/aromatic N) is 5. The molecule has 1 amide bonds. The molecule has 0 bridgehead atoms. The van der Waals surface area contributed by atoms with Crippen molar-refractivity contribution in [3.63, 3.8) is 0 Å². The summed E-state index contributed by atoms with van der Waals surface area (Å²) in [6.45, 7) is 9.21. The highest BCUT2D eigenvalue weighted by molar-refractivity contribution is 5.69. The van der Waals surface area contributed by atoms with Gasteiger partial charge >= 0.3 is 6.09 Å². The number of ether oxygens (including phenoxy) is 1. The summed E-state index contributed by atoms with van der Waals surface area (Å²) in [6, 6.07) is 8.14. The Kier molecular flexibility index (Phi) is 5.51. The smallest absolute Gasteiger partial charge is 0.410 e. The van der Waals surface area contributed by atoms with E-state index in [0.717, 1.165) is 5.56 Å². The molecule has 9 heteroatoms. The minimum Gasteiger partial charge on any atom is -0.444 e. The molecule has 1 aliphatic rings. The molecule has 1 saturated heterocycles. The van der Waals surface area contributed by atoms with Gasteiger partial charge in [-0.25, -0.2) is 14.5 Å². The largest absolute Gasteiger partial charge is 0.444 e. The zero-order valence-corrected chi connectivity index (χ0v) is 18.4. The molecule has 31 heavy (non-hydrogen) atoms. The number of carbonyl (C=O) groups excluding carboxylic acids is 1. The quantitative estimate of drug-likeness (QED) is 0.693. The number of amides is 1. The van der Waals surface area contributed by atoms with Gasteiger partial charge in [-0.1, -0.05) is 35.0 Å². The minimum absolute atomic E-state index is 0.0542. The molecule has 0 aliphatic carbocycles. The van der Waals surface area contributed by atoms with Crippen molar-refractivity contribution in [1.29, 1.82) is 0 Å². The second kappa shape index (κ2) is 8.13. The third-order valence-corrected chi connectivity index (χ3v) is 5.38. The molecule has 2 aromatic heterocycles. The van der Waals surface area contributed by atoms with E-state index in [4.69, 9.17) is 9.72 Å². The second-order valence-electron chi connectivity index (χ2n) is 9.10. The van der Waals surface area contributed by atoms with Crippen LogP contribution in [0.1, 0.15) is 56.5 Å². The number of piperidine rings is 1. The molecule has 1 N–H and O–H groups in total. The first-order valence-electron chi connectivity index (χ1n) is 10.6. The summed E-state index contributed by atoms with van der Waals surface area (Å²) in [6.07, 6.45) is 1.10. The third-order valence-electron chi connectivity index (χ3n) is 5.38. The van der Waals surface area contributed by atoms with Crippen LogP contribution in [-0.4, -0.2) is 54.6 Å². The topological polar surface area (TPSA) is 106 Å². The summed E-state index contributed by atoms with van der Waals surface area (Å²) in [7, 11) is 0. The minimum atomic E-state index is -0.519. The van der Waals surface area contributed by atoms with Crippen molar-refractivity contribution < 1.29 is 9.53 Å². The van der Waals surface area contributed by atoms with Gasteiger partial charge < -0.3 is 14.6 Å². The fourth-order valence-electron chi connectivity index (χ4n) is 3.71. The summed E-state index contributed by atoms with van der Waals surface area (Å²) in [4.78, 5) is 34.2. The van der Waals surface area contributed by atoms with Gasteiger partial charge in [-0.3, -0.25) is 4.79 Å². The van der Waals surface area contributed by atoms with E-state index < -0.39 is 5.60 Å². The Balaban J connectivity index is 1.52. The zero-order valence-electron chi connectivity index (χ0n) is 18.4. The number of rotatable bonds is 3. The zero-order chi connectivity index (χ0) is 22.2. The Morgan fingerprint density at radius 2 is 1.87 bits per heavy atom. The maximum absolute atomic E-state index is 12.6. The van der Waals surface area contributed by atoms with Crippen LogP contribution in [0.15, 0.2) is 29.1 Å². The molecule has 1 fully saturated rings. The molecule has 0 spiro atoms. The van der Waals surface area contributed by atoms with E-state index in [2.05, 4.69) is 15.3 Å². The number of aromatic amines is 1. The molecule has 0 atom stereocenters. The molecule has 4 rings (SSSR count). The first-order chi connectivity index (χ1) is 14.7. The average molecular weight is 425 g/mol. The molecule has 1 aromatic carbocycles. The van der Waals surface area contributed by atoms with E-state index >= 15 is 0 Å². The lowest BCUT2D eigenvalue weighted by Crippen LogP contribution is -2.41. The Morgan fingerprint density at radius 1 is 1.19 bits per heavy atom. The molecular weight excluding hydrogens is 396 g/mol. The van der Waals surface area contributed by atoms with Crippen LogP contribution in [-0.2, 0) is 11.3 Å². The van der Waals surface area contributed by atoms with Crippen molar-refractivity contribution in [1.82, 2.24) is 29.9 Å². The van der Waals surface area contributed by atoms with Gasteiger partial charge in [-0.2, -0.15) is 0 Å². The molecule has 1 aliphatic heterocycles. The van der Waals surface area contributed by atoms with Crippen LogP contribution in [0.5, 0.6) is 0 Å². The van der Waals surface area contributed by atoms with Crippen LogP contribution in [0.4, 0.5) is 4.79 Å². The number of H-pyrrole nitrogens is 1. The molecule has 0 saturated carbocycles. The SMILES string of the molecule is Cc1ccc(Cn2nnc3c(=O)[nH]c(C4CCN(C(=O)OC(C)(C)C)CC4)nc32)cc1. The standard InChI is InChI=1S/C22H28N6O3/c1-14-5-7-15(8-6-14)13-28-19-17(25-26-28)20(29)24-18(23-19)16-9-11-27(12-10-16)21(30)31-22(2,3)4/h5-8,16H,9-13H2,1-4H3,(H,23,24,29). The predicted molar refractivity (Wildman–Crippen MR) is 116 cm³/mol. The van der Waals surface area contributed by atoms with Crippen LogP contribution < -0.4 is 5.56 Å². The number of hydrogen-bond acceptors (Lipinski definition) is 6. The molecule has 0 unspecified atom stereocenters. The van der Waals surface area contributed by atoms with E-state index in [1.54, 1.807) is 9.58 Å². The summed E-state index contributed by atoms with van der Waals surface area (Å²) >= 11 is 0. The summed E-state index contributed by atoms with van der Waals surface area (Å²) in [5.41, 5.74) is 2.16. The predicted octanol–water partition coefficient (Wildman–Crippen LogP) is 2.99. The lowest BCUT2D eigenvalue weighted by atomic mass is 9.96. The van der Waals surface area contributed by atoms with Gasteiger partial charge in [-0.05, 0) is 46.1 Å². The van der Waals surface area contributed by atoms with Gasteiger partial charge in [0.25, 0.3) is 5.56 Å². The number of aryl methyl sites for hydroxylation is 1. The fraction of sp³-hybridized carbons (Fsp3) is 0.500. The lowest BCUT2D eigenvalue weighted by molar-refractivity contribution is 0.0203. The molecule has 3 aromatic rings. The van der Waals surface area contributed by atoms with E-state index in [9.17, 15) is 9.59 Å². The van der Waals surface area contributed by atoms with Gasteiger partial charge in [0.05, 0.1) is 6.54 Å². The normalized spacial score (nSPS) is 15.4. The number of benzene rings is 1. The number of nitrogens with one attached hydrogen (secondary N) is 1. The lowest BCUT2D eigenvalue weighted by Gasteiger charge is -2.33. The van der Waals surface area contributed by atoms with Crippen LogP contribution >= 0.6 is 0 Å². The monoisotopic (exact) mass is 424 g/mol. The van der Waals surface area contributed by atoms with Crippen molar-refractivity contribution in [2.75, 3.05) is 13.1 Å². The number of likely N-dealkylation sites (tertiary alicyclic amines) is 1. The van der Waals surface area contributed by atoms with Crippen molar-refractivity contribution in [2.45, 2.75) is 58.6 Å². The summed E-state index contributed by atoms with van der Waals surface area (Å²) < 4.78 is 7.12. The van der Waals surface area contributed by atoms with E-state index in [-0.39, 0.29) is 23.1 Å². The van der Waals surface area contributed by atoms with Crippen LogP contribution in [0, 0.1) is 6.92 Å². The third kappa shape index (κ3) is 4.76. The van der Waals surface area contributed by atoms with Crippen LogP contribution in [0.25, 0.3) is 11.2 Å². The van der Waals surface area contributed by atoms with E-state index in [1.165, 1.54) is 5.56 Å². The molecule has 164 valence electrons. The Labute approximate surface area is 180 Å². The molecule has 0 radical (unpaired) electrons. The van der Waals surface area contributed by atoms with Gasteiger partial charge in [-0.15, -0.1) is 5.10 Å². The number of carbonyl (C=O) groups is 1. The molecular formula is C22H28N6O3. The highest BCUT2D eigenvalue weighted by atomic mass is 16.6. The van der Waals surface area contributed by atoms with Gasteiger partial charge in [0, 0.05) is 19.0 Å². The van der Waals surface area contributed by atoms with E-state index in [0.29, 0.717) is 43.9 Å². The summed E-state index contributed by atoms with van der Waals surface area (Å²) in [5, 5.41) is 8.17. The van der Waals surface area contributed by atoms with Gasteiger partial charge in [0.2, 0.25) is 0 Å². The number of fused-ring (bicyclic) bond motifs is 1. The van der Waals surface area contributed by atoms with Crippen LogP contribution in [0.3, 0.4) is 0 Å². The highest BCUT2D eigenvalue weighted by Gasteiger charge is 2.29. The Hall–Kier alpha value is -3.23. The molecule has 9 nitrogen and oxygen atoms in total. The van der Waals surface area contributed by atoms with Gasteiger partial charge in [0.1, 0.15) is 11.4 Å². The fourth-order valence-corrected chi connectivity index (χ4v) is 3.71. The maximum atomic E-state index is 12.6. The van der Waals surface area contributed by atoms with Gasteiger partial charge in [0.15, 0.2) is 11.2 Å². The number of hydrogen-bond donors (Lipinski definition) is 1. The van der Waals surface area contributed by atoms with Crippen molar-refractivity contribution in [3.05, 3.63) is 51.6 Å². The Morgan fingerprint density at radius 3 is 2.52 bits per heavy atom. The summed E-state index contributed by atoms with van der Waals surface area (Å²) in [5.74, 6) is 0.673. The van der Waals surface area contributed by atoms with Crippen molar-refractivity contribution >= 4 is 17.3 Å². The number of aromatic nitrogens is 5. The first-order valence-corrected chi connectivity index (χ1v) is 10.6. The van der Waals surface area contributed by atoms with E-state index in [1.807, 2.05) is 52.0 Å². The maximum Gasteiger partial charge on any atom is 0.410 e. The van der Waals surface area contributed by atoms with Crippen molar-refractivity contribution in [3.8, 4) is 0 Å². The van der Waals surface area contributed by atoms with Crippen LogP contribution in [0.2, 0.25) is 0 Å². The molecule has 3 heterocycles. The van der Waals surface area contributed by atoms with Crippen molar-refractivity contribution in [2.24, 2.45) is 0 Å². The Bertz CT molecular complexity index is 1130. The second-order valence-corrected chi connectivity index (χ2v) is 9.10.